The Morgan fingerprint density at radius 3 is 2.78 bits per heavy atom. The first-order valence-corrected chi connectivity index (χ1v) is 11.8. The van der Waals surface area contributed by atoms with Crippen LogP contribution in [-0.2, 0) is 10.2 Å². The van der Waals surface area contributed by atoms with Gasteiger partial charge in [0.05, 0.1) is 16.4 Å². The van der Waals surface area contributed by atoms with Crippen LogP contribution in [0, 0.1) is 5.82 Å². The molecule has 1 amide bonds. The van der Waals surface area contributed by atoms with Crippen LogP contribution in [-0.4, -0.2) is 20.3 Å². The van der Waals surface area contributed by atoms with Crippen LogP contribution in [0.4, 0.5) is 4.39 Å². The normalized spacial score (nSPS) is 14.8. The maximum Gasteiger partial charge on any atom is 0.230 e. The van der Waals surface area contributed by atoms with Gasteiger partial charge in [0.15, 0.2) is 0 Å². The number of thiazole rings is 1. The Kier molecular flexibility index (Phi) is 4.34. The number of carbonyl (C=O) groups excluding carboxylic acids is 1. The first-order valence-electron chi connectivity index (χ1n) is 10.1. The van der Waals surface area contributed by atoms with Crippen molar-refractivity contribution in [1.82, 2.24) is 14.4 Å². The van der Waals surface area contributed by atoms with Gasteiger partial charge in [-0.1, -0.05) is 23.9 Å². The standard InChI is InChI=1S/C24H17FN4OS2/c25-16-3-1-2-14(10-16)15-4-7-20-27-12-21(29(20)13-15)31-17-5-6-18-19(11-17)32-23(28-18)24(8-9-24)22(26)30/h1-7,10-13H,8-9H2,(H2,26,30). The van der Waals surface area contributed by atoms with Gasteiger partial charge in [0, 0.05) is 11.1 Å². The lowest BCUT2D eigenvalue weighted by Crippen LogP contribution is -2.28. The minimum absolute atomic E-state index is 0.260. The highest BCUT2D eigenvalue weighted by Gasteiger charge is 2.52. The fourth-order valence-corrected chi connectivity index (χ4v) is 6.09. The van der Waals surface area contributed by atoms with E-state index in [0.29, 0.717) is 0 Å². The van der Waals surface area contributed by atoms with E-state index in [0.717, 1.165) is 54.8 Å². The van der Waals surface area contributed by atoms with Crippen LogP contribution in [0.25, 0.3) is 27.0 Å². The summed E-state index contributed by atoms with van der Waals surface area (Å²) in [6.07, 6.45) is 5.37. The van der Waals surface area contributed by atoms with E-state index in [4.69, 9.17) is 5.73 Å². The molecule has 3 aromatic heterocycles. The number of benzene rings is 2. The number of rotatable bonds is 5. The molecule has 1 aliphatic carbocycles. The fourth-order valence-electron chi connectivity index (χ4n) is 3.86. The van der Waals surface area contributed by atoms with Crippen molar-refractivity contribution in [3.8, 4) is 11.1 Å². The number of halogens is 1. The van der Waals surface area contributed by atoms with Crippen molar-refractivity contribution in [2.45, 2.75) is 28.2 Å². The van der Waals surface area contributed by atoms with Gasteiger partial charge in [-0.15, -0.1) is 11.3 Å². The number of carbonyl (C=O) groups is 1. The lowest BCUT2D eigenvalue weighted by molar-refractivity contribution is -0.120. The van der Waals surface area contributed by atoms with Gasteiger partial charge in [-0.05, 0) is 66.4 Å². The minimum Gasteiger partial charge on any atom is -0.369 e. The van der Waals surface area contributed by atoms with Gasteiger partial charge in [0.1, 0.15) is 26.9 Å². The first-order chi connectivity index (χ1) is 15.5. The molecule has 5 nitrogen and oxygen atoms in total. The van der Waals surface area contributed by atoms with E-state index in [9.17, 15) is 9.18 Å². The van der Waals surface area contributed by atoms with Crippen molar-refractivity contribution < 1.29 is 9.18 Å². The Morgan fingerprint density at radius 2 is 2.00 bits per heavy atom. The number of pyridine rings is 1. The molecule has 0 aliphatic heterocycles. The number of hydrogen-bond acceptors (Lipinski definition) is 5. The van der Waals surface area contributed by atoms with E-state index in [1.54, 1.807) is 29.2 Å². The van der Waals surface area contributed by atoms with Gasteiger partial charge < -0.3 is 5.73 Å². The van der Waals surface area contributed by atoms with Crippen LogP contribution >= 0.6 is 23.1 Å². The molecule has 158 valence electrons. The Labute approximate surface area is 191 Å². The molecule has 1 aliphatic rings. The summed E-state index contributed by atoms with van der Waals surface area (Å²) in [5, 5.41) is 1.77. The summed E-state index contributed by atoms with van der Waals surface area (Å²) in [6.45, 7) is 0. The molecule has 6 rings (SSSR count). The monoisotopic (exact) mass is 460 g/mol. The summed E-state index contributed by atoms with van der Waals surface area (Å²) in [6, 6.07) is 16.5. The molecule has 0 saturated heterocycles. The van der Waals surface area contributed by atoms with E-state index in [1.165, 1.54) is 12.1 Å². The molecular weight excluding hydrogens is 443 g/mol. The van der Waals surface area contributed by atoms with Crippen LogP contribution in [0.1, 0.15) is 17.8 Å². The van der Waals surface area contributed by atoms with E-state index >= 15 is 0 Å². The van der Waals surface area contributed by atoms with Gasteiger partial charge in [-0.3, -0.25) is 9.20 Å². The highest BCUT2D eigenvalue weighted by Crippen LogP contribution is 2.50. The van der Waals surface area contributed by atoms with E-state index in [1.807, 2.05) is 47.1 Å². The van der Waals surface area contributed by atoms with Crippen molar-refractivity contribution in [3.63, 3.8) is 0 Å². The number of fused-ring (bicyclic) bond motifs is 2. The van der Waals surface area contributed by atoms with Crippen LogP contribution in [0.5, 0.6) is 0 Å². The van der Waals surface area contributed by atoms with E-state index in [-0.39, 0.29) is 11.7 Å². The second kappa shape index (κ2) is 7.15. The number of nitrogens with zero attached hydrogens (tertiary/aromatic N) is 3. The molecule has 0 bridgehead atoms. The second-order valence-electron chi connectivity index (χ2n) is 7.95. The molecule has 0 spiro atoms. The first kappa shape index (κ1) is 19.5. The molecule has 0 unspecified atom stereocenters. The van der Waals surface area contributed by atoms with Gasteiger partial charge in [0.25, 0.3) is 0 Å². The molecular formula is C24H17FN4OS2. The lowest BCUT2D eigenvalue weighted by atomic mass is 10.1. The summed E-state index contributed by atoms with van der Waals surface area (Å²) in [5.74, 6) is -0.546. The fraction of sp³-hybridized carbons (Fsp3) is 0.125. The number of hydrogen-bond donors (Lipinski definition) is 1. The zero-order valence-electron chi connectivity index (χ0n) is 16.8. The average Bonchev–Trinajstić information content (AvgIpc) is 3.36. The van der Waals surface area contributed by atoms with Crippen molar-refractivity contribution in [1.29, 1.82) is 0 Å². The summed E-state index contributed by atoms with van der Waals surface area (Å²) in [7, 11) is 0. The number of nitrogens with two attached hydrogens (primary N) is 1. The van der Waals surface area contributed by atoms with Crippen molar-refractivity contribution in [2.24, 2.45) is 5.73 Å². The van der Waals surface area contributed by atoms with Crippen molar-refractivity contribution >= 4 is 44.9 Å². The Hall–Kier alpha value is -3.23. The molecule has 0 atom stereocenters. The molecule has 5 aromatic rings. The molecule has 2 aromatic carbocycles. The number of imidazole rings is 1. The molecule has 1 fully saturated rings. The van der Waals surface area contributed by atoms with Crippen LogP contribution in [0.2, 0.25) is 0 Å². The molecule has 8 heteroatoms. The SMILES string of the molecule is NC(=O)C1(c2nc3ccc(Sc4cnc5ccc(-c6cccc(F)c6)cn45)cc3s2)CC1. The smallest absolute Gasteiger partial charge is 0.230 e. The predicted octanol–water partition coefficient (Wildman–Crippen LogP) is 5.42. The molecule has 1 saturated carbocycles. The van der Waals surface area contributed by atoms with Crippen molar-refractivity contribution in [2.75, 3.05) is 0 Å². The highest BCUT2D eigenvalue weighted by molar-refractivity contribution is 7.99. The molecule has 2 N–H and O–H groups in total. The van der Waals surface area contributed by atoms with Crippen molar-refractivity contribution in [3.05, 3.63) is 77.8 Å². The Morgan fingerprint density at radius 1 is 1.12 bits per heavy atom. The lowest BCUT2D eigenvalue weighted by Gasteiger charge is -2.06. The Bertz CT molecular complexity index is 1520. The number of amides is 1. The zero-order chi connectivity index (χ0) is 21.9. The van der Waals surface area contributed by atoms with Crippen LogP contribution < -0.4 is 5.73 Å². The van der Waals surface area contributed by atoms with Crippen LogP contribution in [0.15, 0.2) is 76.9 Å². The third kappa shape index (κ3) is 3.18. The molecule has 3 heterocycles. The summed E-state index contributed by atoms with van der Waals surface area (Å²) in [4.78, 5) is 22.1. The van der Waals surface area contributed by atoms with Gasteiger partial charge >= 0.3 is 0 Å². The average molecular weight is 461 g/mol. The predicted molar refractivity (Wildman–Crippen MR) is 124 cm³/mol. The van der Waals surface area contributed by atoms with Gasteiger partial charge in [0.2, 0.25) is 5.91 Å². The van der Waals surface area contributed by atoms with Gasteiger partial charge in [-0.25, -0.2) is 14.4 Å². The van der Waals surface area contributed by atoms with E-state index < -0.39 is 5.41 Å². The summed E-state index contributed by atoms with van der Waals surface area (Å²) >= 11 is 3.14. The van der Waals surface area contributed by atoms with Crippen LogP contribution in [0.3, 0.4) is 0 Å². The third-order valence-electron chi connectivity index (χ3n) is 5.84. The summed E-state index contributed by atoms with van der Waals surface area (Å²) < 4.78 is 16.7. The summed E-state index contributed by atoms with van der Waals surface area (Å²) in [5.41, 5.74) is 8.49. The largest absolute Gasteiger partial charge is 0.369 e. The second-order valence-corrected chi connectivity index (χ2v) is 10.1. The van der Waals surface area contributed by atoms with E-state index in [2.05, 4.69) is 16.0 Å². The zero-order valence-corrected chi connectivity index (χ0v) is 18.4. The minimum atomic E-state index is -0.564. The van der Waals surface area contributed by atoms with Gasteiger partial charge in [-0.2, -0.15) is 0 Å². The molecule has 32 heavy (non-hydrogen) atoms. The highest BCUT2D eigenvalue weighted by atomic mass is 32.2. The Balaban J connectivity index is 1.35. The maximum absolute atomic E-state index is 13.7. The number of primary amides is 1. The molecule has 0 radical (unpaired) electrons. The maximum atomic E-state index is 13.7. The third-order valence-corrected chi connectivity index (χ3v) is 8.07. The topological polar surface area (TPSA) is 73.3 Å². The number of aromatic nitrogens is 3. The quantitative estimate of drug-likeness (QED) is 0.380.